The molecule has 1 aromatic heterocycles. The third kappa shape index (κ3) is 3.50. The van der Waals surface area contributed by atoms with Gasteiger partial charge in [-0.05, 0) is 36.8 Å². The highest BCUT2D eigenvalue weighted by molar-refractivity contribution is 6.03. The molecule has 0 aliphatic rings. The summed E-state index contributed by atoms with van der Waals surface area (Å²) < 4.78 is 0. The summed E-state index contributed by atoms with van der Waals surface area (Å²) in [5.41, 5.74) is 4.45. The number of nitrogens with zero attached hydrogens (tertiary/aromatic N) is 3. The zero-order chi connectivity index (χ0) is 18.7. The van der Waals surface area contributed by atoms with Crippen LogP contribution in [0.2, 0.25) is 0 Å². The van der Waals surface area contributed by atoms with Crippen molar-refractivity contribution >= 4 is 22.6 Å². The van der Waals surface area contributed by atoms with Crippen LogP contribution in [0.4, 0.5) is 5.69 Å². The molecule has 0 spiro atoms. The smallest absolute Gasteiger partial charge is 0.336 e. The van der Waals surface area contributed by atoms with Crippen molar-refractivity contribution in [1.82, 2.24) is 4.98 Å². The van der Waals surface area contributed by atoms with Gasteiger partial charge >= 0.3 is 5.97 Å². The average Bonchev–Trinajstić information content (AvgIpc) is 2.64. The van der Waals surface area contributed by atoms with E-state index in [1.54, 1.807) is 12.1 Å². The number of nitriles is 1. The maximum atomic E-state index is 11.7. The fourth-order valence-electron chi connectivity index (χ4n) is 2.90. The molecule has 0 atom stereocenters. The van der Waals surface area contributed by atoms with E-state index in [4.69, 9.17) is 5.26 Å². The lowest BCUT2D eigenvalue weighted by Gasteiger charge is -2.18. The molecule has 0 radical (unpaired) electrons. The highest BCUT2D eigenvalue weighted by atomic mass is 16.4. The maximum Gasteiger partial charge on any atom is 0.336 e. The Labute approximate surface area is 152 Å². The molecule has 0 bridgehead atoms. The molecule has 26 heavy (non-hydrogen) atoms. The van der Waals surface area contributed by atoms with E-state index < -0.39 is 5.97 Å². The van der Waals surface area contributed by atoms with Gasteiger partial charge in [0.2, 0.25) is 0 Å². The molecular weight excluding hydrogens is 326 g/mol. The molecule has 5 heteroatoms. The number of pyridine rings is 1. The minimum Gasteiger partial charge on any atom is -0.478 e. The number of aryl methyl sites for hydroxylation is 1. The molecule has 2 aromatic carbocycles. The normalized spacial score (nSPS) is 10.5. The van der Waals surface area contributed by atoms with Crippen molar-refractivity contribution in [2.45, 2.75) is 13.3 Å². The van der Waals surface area contributed by atoms with Crippen LogP contribution in [0.1, 0.15) is 22.3 Å². The summed E-state index contributed by atoms with van der Waals surface area (Å²) in [5, 5.41) is 18.9. The second-order valence-corrected chi connectivity index (χ2v) is 6.26. The van der Waals surface area contributed by atoms with E-state index in [0.29, 0.717) is 29.6 Å². The number of carbonyl (C=O) groups is 1. The molecule has 130 valence electrons. The lowest BCUT2D eigenvalue weighted by molar-refractivity contribution is 0.0699. The molecule has 5 nitrogen and oxygen atoms in total. The SMILES string of the molecule is Cc1ccc2c(C(=O)O)cc(-c3ccc(N(C)CCC#N)cc3)nc2c1. The third-order valence-corrected chi connectivity index (χ3v) is 4.36. The van der Waals surface area contributed by atoms with Crippen LogP contribution in [0.5, 0.6) is 0 Å². The molecular formula is C21H19N3O2. The van der Waals surface area contributed by atoms with Crippen LogP contribution in [-0.4, -0.2) is 29.7 Å². The molecule has 3 rings (SSSR count). The van der Waals surface area contributed by atoms with Crippen LogP contribution in [0, 0.1) is 18.3 Å². The van der Waals surface area contributed by atoms with Gasteiger partial charge in [-0.1, -0.05) is 24.3 Å². The summed E-state index contributed by atoms with van der Waals surface area (Å²) in [6.45, 7) is 2.62. The number of hydrogen-bond donors (Lipinski definition) is 1. The second-order valence-electron chi connectivity index (χ2n) is 6.26. The summed E-state index contributed by atoms with van der Waals surface area (Å²) in [6.07, 6.45) is 0.464. The van der Waals surface area contributed by atoms with Crippen molar-refractivity contribution in [1.29, 1.82) is 5.26 Å². The molecule has 0 amide bonds. The van der Waals surface area contributed by atoms with Crippen LogP contribution in [0.25, 0.3) is 22.2 Å². The molecule has 0 aliphatic carbocycles. The van der Waals surface area contributed by atoms with Gasteiger partial charge in [0, 0.05) is 30.2 Å². The number of carboxylic acids is 1. The van der Waals surface area contributed by atoms with E-state index >= 15 is 0 Å². The minimum absolute atomic E-state index is 0.250. The van der Waals surface area contributed by atoms with Gasteiger partial charge in [0.1, 0.15) is 0 Å². The van der Waals surface area contributed by atoms with Gasteiger partial charge in [-0.15, -0.1) is 0 Å². The summed E-state index contributed by atoms with van der Waals surface area (Å²) >= 11 is 0. The number of rotatable bonds is 5. The minimum atomic E-state index is -0.963. The molecule has 0 fully saturated rings. The number of carboxylic acid groups (broad SMARTS) is 1. The fraction of sp³-hybridized carbons (Fsp3) is 0.190. The van der Waals surface area contributed by atoms with Crippen molar-refractivity contribution in [3.8, 4) is 17.3 Å². The van der Waals surface area contributed by atoms with E-state index in [-0.39, 0.29) is 5.56 Å². The summed E-state index contributed by atoms with van der Waals surface area (Å²) in [4.78, 5) is 18.3. The zero-order valence-electron chi connectivity index (χ0n) is 14.7. The predicted molar refractivity (Wildman–Crippen MR) is 102 cm³/mol. The number of aromatic nitrogens is 1. The first-order chi connectivity index (χ1) is 12.5. The summed E-state index contributed by atoms with van der Waals surface area (Å²) in [6, 6.07) is 17.1. The van der Waals surface area contributed by atoms with E-state index in [1.165, 1.54) is 0 Å². The molecule has 0 saturated carbocycles. The molecule has 0 saturated heterocycles. The quantitative estimate of drug-likeness (QED) is 0.747. The van der Waals surface area contributed by atoms with Crippen molar-refractivity contribution < 1.29 is 9.90 Å². The Bertz CT molecular complexity index is 1000. The van der Waals surface area contributed by atoms with Gasteiger partial charge in [-0.2, -0.15) is 5.26 Å². The molecule has 3 aromatic rings. The van der Waals surface area contributed by atoms with E-state index in [1.807, 2.05) is 55.3 Å². The maximum absolute atomic E-state index is 11.7. The number of fused-ring (bicyclic) bond motifs is 1. The fourth-order valence-corrected chi connectivity index (χ4v) is 2.90. The third-order valence-electron chi connectivity index (χ3n) is 4.36. The highest BCUT2D eigenvalue weighted by Gasteiger charge is 2.13. The van der Waals surface area contributed by atoms with Crippen molar-refractivity contribution in [2.75, 3.05) is 18.5 Å². The first-order valence-corrected chi connectivity index (χ1v) is 8.33. The van der Waals surface area contributed by atoms with Crippen LogP contribution < -0.4 is 4.90 Å². The lowest BCUT2D eigenvalue weighted by Crippen LogP contribution is -2.17. The van der Waals surface area contributed by atoms with Crippen molar-refractivity contribution in [3.63, 3.8) is 0 Å². The summed E-state index contributed by atoms with van der Waals surface area (Å²) in [5.74, 6) is -0.963. The Morgan fingerprint density at radius 3 is 2.58 bits per heavy atom. The Morgan fingerprint density at radius 1 is 1.19 bits per heavy atom. The first kappa shape index (κ1) is 17.4. The predicted octanol–water partition coefficient (Wildman–Crippen LogP) is 4.26. The average molecular weight is 345 g/mol. The van der Waals surface area contributed by atoms with E-state index in [0.717, 1.165) is 16.8 Å². The summed E-state index contributed by atoms with van der Waals surface area (Å²) in [7, 11) is 1.94. The first-order valence-electron chi connectivity index (χ1n) is 8.33. The molecule has 1 N–H and O–H groups in total. The second kappa shape index (κ2) is 7.24. The Kier molecular flexibility index (Phi) is 4.85. The Hall–Kier alpha value is -3.39. The van der Waals surface area contributed by atoms with Crippen LogP contribution >= 0.6 is 0 Å². The van der Waals surface area contributed by atoms with E-state index in [2.05, 4.69) is 11.1 Å². The zero-order valence-corrected chi connectivity index (χ0v) is 14.7. The van der Waals surface area contributed by atoms with Gasteiger partial charge in [-0.3, -0.25) is 0 Å². The van der Waals surface area contributed by atoms with Gasteiger partial charge in [-0.25, -0.2) is 9.78 Å². The number of hydrogen-bond acceptors (Lipinski definition) is 4. The molecule has 1 heterocycles. The number of aromatic carboxylic acids is 1. The van der Waals surface area contributed by atoms with Crippen molar-refractivity contribution in [2.24, 2.45) is 0 Å². The van der Waals surface area contributed by atoms with Crippen LogP contribution in [0.3, 0.4) is 0 Å². The number of anilines is 1. The molecule has 0 aliphatic heterocycles. The Balaban J connectivity index is 2.02. The number of benzene rings is 2. The standard InChI is InChI=1S/C21H19N3O2/c1-14-4-9-17-18(21(25)26)13-19(23-20(17)12-14)15-5-7-16(8-6-15)24(2)11-3-10-22/h4-9,12-13H,3,11H2,1-2H3,(H,25,26). The topological polar surface area (TPSA) is 77.2 Å². The lowest BCUT2D eigenvalue weighted by atomic mass is 10.0. The monoisotopic (exact) mass is 345 g/mol. The van der Waals surface area contributed by atoms with Gasteiger partial charge in [0.15, 0.2) is 0 Å². The Morgan fingerprint density at radius 2 is 1.92 bits per heavy atom. The largest absolute Gasteiger partial charge is 0.478 e. The molecule has 0 unspecified atom stereocenters. The highest BCUT2D eigenvalue weighted by Crippen LogP contribution is 2.27. The van der Waals surface area contributed by atoms with E-state index in [9.17, 15) is 9.90 Å². The van der Waals surface area contributed by atoms with Crippen LogP contribution in [0.15, 0.2) is 48.5 Å². The van der Waals surface area contributed by atoms with Gasteiger partial charge in [0.25, 0.3) is 0 Å². The van der Waals surface area contributed by atoms with Gasteiger partial charge < -0.3 is 10.0 Å². The van der Waals surface area contributed by atoms with Crippen LogP contribution in [-0.2, 0) is 0 Å². The van der Waals surface area contributed by atoms with Crippen molar-refractivity contribution in [3.05, 3.63) is 59.7 Å². The van der Waals surface area contributed by atoms with Gasteiger partial charge in [0.05, 0.1) is 29.3 Å².